The monoisotopic (exact) mass is 239 g/mol. The second-order valence-electron chi connectivity index (χ2n) is 5.51. The summed E-state index contributed by atoms with van der Waals surface area (Å²) in [6.07, 6.45) is 3.55. The van der Waals surface area contributed by atoms with Crippen LogP contribution in [0, 0.1) is 17.8 Å². The minimum Gasteiger partial charge on any atom is -0.379 e. The SMILES string of the molecule is NC1C2CCC(C2)C1C(=O)NN1CCOCC1. The number of carbonyl (C=O) groups excluding carboxylic acids is 1. The number of fused-ring (bicyclic) bond motifs is 2. The van der Waals surface area contributed by atoms with E-state index in [0.717, 1.165) is 19.5 Å². The molecule has 0 aromatic heterocycles. The van der Waals surface area contributed by atoms with E-state index in [4.69, 9.17) is 10.5 Å². The Bertz CT molecular complexity index is 302. The van der Waals surface area contributed by atoms with Crippen LogP contribution in [-0.4, -0.2) is 43.3 Å². The molecule has 5 nitrogen and oxygen atoms in total. The van der Waals surface area contributed by atoms with E-state index in [9.17, 15) is 4.79 Å². The van der Waals surface area contributed by atoms with E-state index in [-0.39, 0.29) is 17.9 Å². The maximum Gasteiger partial charge on any atom is 0.239 e. The maximum atomic E-state index is 12.2. The maximum absolute atomic E-state index is 12.2. The fraction of sp³-hybridized carbons (Fsp3) is 0.917. The predicted octanol–water partition coefficient (Wildman–Crippen LogP) is -0.277. The van der Waals surface area contributed by atoms with E-state index in [2.05, 4.69) is 5.43 Å². The van der Waals surface area contributed by atoms with Crippen LogP contribution in [0.15, 0.2) is 0 Å². The zero-order chi connectivity index (χ0) is 11.8. The van der Waals surface area contributed by atoms with Gasteiger partial charge in [-0.05, 0) is 31.1 Å². The summed E-state index contributed by atoms with van der Waals surface area (Å²) in [4.78, 5) is 12.2. The first-order valence-corrected chi connectivity index (χ1v) is 6.64. The highest BCUT2D eigenvalue weighted by Gasteiger charge is 2.49. The summed E-state index contributed by atoms with van der Waals surface area (Å²) >= 11 is 0. The van der Waals surface area contributed by atoms with Gasteiger partial charge in [-0.25, -0.2) is 5.01 Å². The van der Waals surface area contributed by atoms with Crippen molar-refractivity contribution in [2.75, 3.05) is 26.3 Å². The van der Waals surface area contributed by atoms with Crippen molar-refractivity contribution in [3.63, 3.8) is 0 Å². The van der Waals surface area contributed by atoms with Crippen LogP contribution in [0.1, 0.15) is 19.3 Å². The van der Waals surface area contributed by atoms with Crippen LogP contribution in [0.25, 0.3) is 0 Å². The number of hydrogen-bond donors (Lipinski definition) is 2. The topological polar surface area (TPSA) is 67.6 Å². The molecule has 96 valence electrons. The number of carbonyl (C=O) groups is 1. The molecular formula is C12H21N3O2. The van der Waals surface area contributed by atoms with Crippen LogP contribution < -0.4 is 11.2 Å². The molecule has 0 aromatic rings. The van der Waals surface area contributed by atoms with Crippen LogP contribution in [0.4, 0.5) is 0 Å². The Balaban J connectivity index is 1.58. The van der Waals surface area contributed by atoms with Gasteiger partial charge in [0, 0.05) is 19.1 Å². The van der Waals surface area contributed by atoms with Crippen molar-refractivity contribution in [2.45, 2.75) is 25.3 Å². The number of morpholine rings is 1. The number of rotatable bonds is 2. The Morgan fingerprint density at radius 1 is 1.24 bits per heavy atom. The summed E-state index contributed by atoms with van der Waals surface area (Å²) in [6, 6.07) is 0.0785. The lowest BCUT2D eigenvalue weighted by molar-refractivity contribution is -0.134. The number of ether oxygens (including phenoxy) is 1. The van der Waals surface area contributed by atoms with Gasteiger partial charge in [-0.15, -0.1) is 0 Å². The highest BCUT2D eigenvalue weighted by Crippen LogP contribution is 2.47. The highest BCUT2D eigenvalue weighted by atomic mass is 16.5. The lowest BCUT2D eigenvalue weighted by Crippen LogP contribution is -2.53. The summed E-state index contributed by atoms with van der Waals surface area (Å²) in [5, 5.41) is 1.96. The Morgan fingerprint density at radius 3 is 2.59 bits per heavy atom. The molecule has 1 saturated heterocycles. The lowest BCUT2D eigenvalue weighted by atomic mass is 9.84. The summed E-state index contributed by atoms with van der Waals surface area (Å²) in [7, 11) is 0. The van der Waals surface area contributed by atoms with Gasteiger partial charge in [-0.2, -0.15) is 0 Å². The van der Waals surface area contributed by atoms with Crippen molar-refractivity contribution in [1.82, 2.24) is 10.4 Å². The second-order valence-corrected chi connectivity index (χ2v) is 5.51. The highest BCUT2D eigenvalue weighted by molar-refractivity contribution is 5.80. The van der Waals surface area contributed by atoms with E-state index >= 15 is 0 Å². The van der Waals surface area contributed by atoms with E-state index in [0.29, 0.717) is 25.0 Å². The Kier molecular flexibility index (Phi) is 3.06. The molecule has 0 aromatic carbocycles. The number of hydrogen-bond acceptors (Lipinski definition) is 4. The molecule has 1 heterocycles. The number of nitrogens with zero attached hydrogens (tertiary/aromatic N) is 1. The van der Waals surface area contributed by atoms with Gasteiger partial charge in [0.25, 0.3) is 0 Å². The summed E-state index contributed by atoms with van der Waals surface area (Å²) in [5.74, 6) is 1.28. The Morgan fingerprint density at radius 2 is 1.94 bits per heavy atom. The standard InChI is InChI=1S/C12H21N3O2/c13-11-9-2-1-8(7-9)10(11)12(16)14-15-3-5-17-6-4-15/h8-11H,1-7,13H2,(H,14,16). The van der Waals surface area contributed by atoms with Crippen molar-refractivity contribution < 1.29 is 9.53 Å². The average Bonchev–Trinajstić information content (AvgIpc) is 2.90. The number of hydrazine groups is 1. The van der Waals surface area contributed by atoms with Crippen LogP contribution in [0.3, 0.4) is 0 Å². The van der Waals surface area contributed by atoms with Gasteiger partial charge in [-0.1, -0.05) is 0 Å². The average molecular weight is 239 g/mol. The third kappa shape index (κ3) is 2.07. The van der Waals surface area contributed by atoms with Crippen molar-refractivity contribution >= 4 is 5.91 Å². The van der Waals surface area contributed by atoms with Crippen LogP contribution in [0.5, 0.6) is 0 Å². The van der Waals surface area contributed by atoms with E-state index in [1.807, 2.05) is 5.01 Å². The van der Waals surface area contributed by atoms with Gasteiger partial charge in [0.05, 0.1) is 19.1 Å². The van der Waals surface area contributed by atoms with Gasteiger partial charge in [0.1, 0.15) is 0 Å². The van der Waals surface area contributed by atoms with Crippen LogP contribution in [0.2, 0.25) is 0 Å². The molecule has 0 radical (unpaired) electrons. The summed E-state index contributed by atoms with van der Waals surface area (Å²) < 4.78 is 5.26. The zero-order valence-electron chi connectivity index (χ0n) is 10.1. The van der Waals surface area contributed by atoms with Gasteiger partial charge < -0.3 is 10.5 Å². The first-order chi connectivity index (χ1) is 8.25. The van der Waals surface area contributed by atoms with Gasteiger partial charge in [0.15, 0.2) is 0 Å². The van der Waals surface area contributed by atoms with Crippen molar-refractivity contribution in [3.8, 4) is 0 Å². The first kappa shape index (κ1) is 11.4. The molecule has 1 amide bonds. The summed E-state index contributed by atoms with van der Waals surface area (Å²) in [5.41, 5.74) is 9.18. The van der Waals surface area contributed by atoms with E-state index in [1.165, 1.54) is 12.8 Å². The molecule has 2 aliphatic carbocycles. The fourth-order valence-electron chi connectivity index (χ4n) is 3.63. The number of amides is 1. The largest absolute Gasteiger partial charge is 0.379 e. The summed E-state index contributed by atoms with van der Waals surface area (Å²) in [6.45, 7) is 2.95. The molecule has 2 saturated carbocycles. The molecule has 0 spiro atoms. The normalized spacial score (nSPS) is 41.7. The molecule has 2 bridgehead atoms. The smallest absolute Gasteiger partial charge is 0.239 e. The number of nitrogens with one attached hydrogen (secondary N) is 1. The fourth-order valence-corrected chi connectivity index (χ4v) is 3.63. The quantitative estimate of drug-likeness (QED) is 0.695. The molecule has 3 aliphatic rings. The number of nitrogens with two attached hydrogens (primary N) is 1. The molecule has 3 N–H and O–H groups in total. The third-order valence-corrected chi connectivity index (χ3v) is 4.56. The van der Waals surface area contributed by atoms with Gasteiger partial charge >= 0.3 is 0 Å². The lowest BCUT2D eigenvalue weighted by Gasteiger charge is -2.32. The Hall–Kier alpha value is -0.650. The van der Waals surface area contributed by atoms with Crippen molar-refractivity contribution in [2.24, 2.45) is 23.5 Å². The molecule has 3 rings (SSSR count). The molecule has 1 aliphatic heterocycles. The molecule has 4 atom stereocenters. The molecule has 4 unspecified atom stereocenters. The van der Waals surface area contributed by atoms with Crippen LogP contribution >= 0.6 is 0 Å². The van der Waals surface area contributed by atoms with Gasteiger partial charge in [-0.3, -0.25) is 10.2 Å². The third-order valence-electron chi connectivity index (χ3n) is 4.56. The molecule has 3 fully saturated rings. The van der Waals surface area contributed by atoms with Gasteiger partial charge in [0.2, 0.25) is 5.91 Å². The molecule has 5 heteroatoms. The van der Waals surface area contributed by atoms with E-state index in [1.54, 1.807) is 0 Å². The minimum absolute atomic E-state index is 0.0385. The molecule has 17 heavy (non-hydrogen) atoms. The minimum atomic E-state index is 0.0385. The predicted molar refractivity (Wildman–Crippen MR) is 62.8 cm³/mol. The molecular weight excluding hydrogens is 218 g/mol. The van der Waals surface area contributed by atoms with Crippen molar-refractivity contribution in [1.29, 1.82) is 0 Å². The zero-order valence-corrected chi connectivity index (χ0v) is 10.1. The van der Waals surface area contributed by atoms with E-state index < -0.39 is 0 Å². The van der Waals surface area contributed by atoms with Crippen LogP contribution in [-0.2, 0) is 9.53 Å². The van der Waals surface area contributed by atoms with Crippen molar-refractivity contribution in [3.05, 3.63) is 0 Å². The second kappa shape index (κ2) is 4.55. The first-order valence-electron chi connectivity index (χ1n) is 6.64. The Labute approximate surface area is 102 Å².